The highest BCUT2D eigenvalue weighted by molar-refractivity contribution is 6.37. The molecule has 0 fully saturated rings. The molecule has 0 aliphatic carbocycles. The van der Waals surface area contributed by atoms with Crippen molar-refractivity contribution < 1.29 is 18.3 Å². The number of alkyl halides is 2. The lowest BCUT2D eigenvalue weighted by Gasteiger charge is -2.15. The van der Waals surface area contributed by atoms with Gasteiger partial charge < -0.3 is 15.8 Å². The summed E-state index contributed by atoms with van der Waals surface area (Å²) >= 11 is 11.6. The Morgan fingerprint density at radius 1 is 1.33 bits per heavy atom. The van der Waals surface area contributed by atoms with E-state index < -0.39 is 18.6 Å². The molecule has 0 aliphatic rings. The van der Waals surface area contributed by atoms with Crippen molar-refractivity contribution in [2.75, 3.05) is 5.32 Å². The van der Waals surface area contributed by atoms with Crippen molar-refractivity contribution in [3.63, 3.8) is 0 Å². The van der Waals surface area contributed by atoms with Crippen LogP contribution >= 0.6 is 23.2 Å². The quantitative estimate of drug-likeness (QED) is 0.825. The summed E-state index contributed by atoms with van der Waals surface area (Å²) in [6.45, 7) is 0.842. The molecule has 1 amide bonds. The average Bonchev–Trinajstić information content (AvgIpc) is 2.32. The van der Waals surface area contributed by atoms with Crippen molar-refractivity contribution in [2.45, 2.75) is 32.9 Å². The largest absolute Gasteiger partial charge is 0.432 e. The number of nitrogens with one attached hydrogen (secondary N) is 1. The molecule has 0 radical (unpaired) electrons. The molecular weight excluding hydrogens is 325 g/mol. The van der Waals surface area contributed by atoms with Gasteiger partial charge in [-0.2, -0.15) is 8.78 Å². The highest BCUT2D eigenvalue weighted by Crippen LogP contribution is 2.37. The molecule has 1 aromatic carbocycles. The summed E-state index contributed by atoms with van der Waals surface area (Å²) in [6, 6.07) is 1.86. The number of ether oxygens (including phenoxy) is 1. The Hall–Kier alpha value is -1.11. The number of carbonyl (C=O) groups excluding carboxylic acids is 1. The summed E-state index contributed by atoms with van der Waals surface area (Å²) < 4.78 is 28.6. The number of nitrogens with two attached hydrogens (primary N) is 1. The minimum absolute atomic E-state index is 0.129. The first kappa shape index (κ1) is 17.9. The molecule has 1 aromatic rings. The predicted molar refractivity (Wildman–Crippen MR) is 79.2 cm³/mol. The van der Waals surface area contributed by atoms with Gasteiger partial charge in [0.05, 0.1) is 16.1 Å². The predicted octanol–water partition coefficient (Wildman–Crippen LogP) is 3.91. The molecule has 118 valence electrons. The fraction of sp³-hybridized carbons (Fsp3) is 0.462. The summed E-state index contributed by atoms with van der Waals surface area (Å²) in [4.78, 5) is 11.9. The van der Waals surface area contributed by atoms with Crippen molar-refractivity contribution in [3.05, 3.63) is 22.2 Å². The van der Waals surface area contributed by atoms with Crippen LogP contribution < -0.4 is 15.8 Å². The number of benzene rings is 1. The molecule has 4 nitrogen and oxygen atoms in total. The van der Waals surface area contributed by atoms with Gasteiger partial charge in [-0.3, -0.25) is 4.79 Å². The Balaban J connectivity index is 2.84. The molecule has 1 atom stereocenters. The van der Waals surface area contributed by atoms with Crippen LogP contribution in [0.2, 0.25) is 10.0 Å². The molecule has 0 heterocycles. The van der Waals surface area contributed by atoms with Gasteiger partial charge in [0, 0.05) is 5.69 Å². The second-order valence-corrected chi connectivity index (χ2v) is 5.69. The normalized spacial score (nSPS) is 12.6. The maximum atomic E-state index is 12.2. The minimum Gasteiger partial charge on any atom is -0.432 e. The molecule has 0 aromatic heterocycles. The van der Waals surface area contributed by atoms with E-state index in [-0.39, 0.29) is 27.4 Å². The van der Waals surface area contributed by atoms with Crippen LogP contribution in [-0.4, -0.2) is 18.6 Å². The topological polar surface area (TPSA) is 64.4 Å². The third kappa shape index (κ3) is 5.65. The summed E-state index contributed by atoms with van der Waals surface area (Å²) in [6.07, 6.45) is 0.514. The van der Waals surface area contributed by atoms with E-state index in [1.165, 1.54) is 12.1 Å². The molecule has 21 heavy (non-hydrogen) atoms. The van der Waals surface area contributed by atoms with Gasteiger partial charge in [0.2, 0.25) is 5.91 Å². The van der Waals surface area contributed by atoms with Gasteiger partial charge in [0.25, 0.3) is 0 Å². The molecule has 0 aliphatic heterocycles. The molecule has 3 N–H and O–H groups in total. The van der Waals surface area contributed by atoms with E-state index in [1.54, 1.807) is 0 Å². The summed E-state index contributed by atoms with van der Waals surface area (Å²) in [5, 5.41) is 2.28. The number of amides is 1. The third-order valence-corrected chi connectivity index (χ3v) is 3.10. The highest BCUT2D eigenvalue weighted by atomic mass is 35.5. The van der Waals surface area contributed by atoms with Crippen LogP contribution in [0.3, 0.4) is 0 Å². The lowest BCUT2D eigenvalue weighted by atomic mass is 10.0. The second-order valence-electron chi connectivity index (χ2n) is 4.87. The second kappa shape index (κ2) is 7.77. The van der Waals surface area contributed by atoms with Gasteiger partial charge in [0.1, 0.15) is 0 Å². The maximum Gasteiger partial charge on any atom is 0.387 e. The lowest BCUT2D eigenvalue weighted by molar-refractivity contribution is -0.117. The van der Waals surface area contributed by atoms with Crippen molar-refractivity contribution in [3.8, 4) is 5.75 Å². The number of rotatable bonds is 6. The fourth-order valence-corrected chi connectivity index (χ4v) is 2.26. The van der Waals surface area contributed by atoms with Crippen LogP contribution in [0.4, 0.5) is 14.5 Å². The Labute approximate surface area is 131 Å². The standard InChI is InChI=1S/C13H16Cl2F2N2O2/c1-6(2)3-10(18)12(20)19-7-4-8(14)11(9(15)5-7)21-13(16)17/h4-6,10,13H,3,18H2,1-2H3,(H,19,20)/t10-/m1/s1. The van der Waals surface area contributed by atoms with Gasteiger partial charge in [-0.25, -0.2) is 0 Å². The molecule has 0 saturated heterocycles. The first-order valence-corrected chi connectivity index (χ1v) is 6.96. The van der Waals surface area contributed by atoms with Gasteiger partial charge in [-0.05, 0) is 24.5 Å². The molecule has 1 rings (SSSR count). The van der Waals surface area contributed by atoms with Crippen molar-refractivity contribution in [1.82, 2.24) is 0 Å². The molecular formula is C13H16Cl2F2N2O2. The van der Waals surface area contributed by atoms with E-state index in [2.05, 4.69) is 10.1 Å². The van der Waals surface area contributed by atoms with Crippen LogP contribution in [0.5, 0.6) is 5.75 Å². The van der Waals surface area contributed by atoms with E-state index in [4.69, 9.17) is 28.9 Å². The fourth-order valence-electron chi connectivity index (χ4n) is 1.68. The van der Waals surface area contributed by atoms with Crippen molar-refractivity contribution in [2.24, 2.45) is 11.7 Å². The summed E-state index contributed by atoms with van der Waals surface area (Å²) in [5.74, 6) is -0.476. The average molecular weight is 341 g/mol. The van der Waals surface area contributed by atoms with Gasteiger partial charge in [-0.1, -0.05) is 37.0 Å². The lowest BCUT2D eigenvalue weighted by Crippen LogP contribution is -2.36. The van der Waals surface area contributed by atoms with Crippen molar-refractivity contribution in [1.29, 1.82) is 0 Å². The first-order chi connectivity index (χ1) is 9.70. The number of halogens is 4. The van der Waals surface area contributed by atoms with Gasteiger partial charge >= 0.3 is 6.61 Å². The minimum atomic E-state index is -3.04. The van der Waals surface area contributed by atoms with Gasteiger partial charge in [0.15, 0.2) is 5.75 Å². The van der Waals surface area contributed by atoms with Gasteiger partial charge in [-0.15, -0.1) is 0 Å². The number of hydrogen-bond acceptors (Lipinski definition) is 3. The van der Waals surface area contributed by atoms with Crippen molar-refractivity contribution >= 4 is 34.8 Å². The van der Waals surface area contributed by atoms with E-state index in [1.807, 2.05) is 13.8 Å². The smallest absolute Gasteiger partial charge is 0.387 e. The molecule has 0 unspecified atom stereocenters. The zero-order valence-corrected chi connectivity index (χ0v) is 13.0. The Bertz CT molecular complexity index is 490. The maximum absolute atomic E-state index is 12.2. The van der Waals surface area contributed by atoms with E-state index in [0.717, 1.165) is 0 Å². The molecule has 0 bridgehead atoms. The summed E-state index contributed by atoms with van der Waals surface area (Å²) in [7, 11) is 0. The first-order valence-electron chi connectivity index (χ1n) is 6.21. The third-order valence-electron chi connectivity index (χ3n) is 2.53. The van der Waals surface area contributed by atoms with Crippen LogP contribution in [0.15, 0.2) is 12.1 Å². The number of hydrogen-bond donors (Lipinski definition) is 2. The van der Waals surface area contributed by atoms with Crippen LogP contribution in [-0.2, 0) is 4.79 Å². The Morgan fingerprint density at radius 3 is 2.29 bits per heavy atom. The Kier molecular flexibility index (Phi) is 6.64. The van der Waals surface area contributed by atoms with E-state index in [0.29, 0.717) is 6.42 Å². The van der Waals surface area contributed by atoms with E-state index >= 15 is 0 Å². The molecule has 0 spiro atoms. The Morgan fingerprint density at radius 2 is 1.86 bits per heavy atom. The molecule has 0 saturated carbocycles. The van der Waals surface area contributed by atoms with Crippen LogP contribution in [0.25, 0.3) is 0 Å². The highest BCUT2D eigenvalue weighted by Gasteiger charge is 2.18. The SMILES string of the molecule is CC(C)C[C@@H](N)C(=O)Nc1cc(Cl)c(OC(F)F)c(Cl)c1. The summed E-state index contributed by atoms with van der Waals surface area (Å²) in [5.41, 5.74) is 6.00. The zero-order valence-electron chi connectivity index (χ0n) is 11.5. The number of carbonyl (C=O) groups is 1. The molecule has 8 heteroatoms. The van der Waals surface area contributed by atoms with Crippen LogP contribution in [0, 0.1) is 5.92 Å². The number of anilines is 1. The monoisotopic (exact) mass is 340 g/mol. The zero-order chi connectivity index (χ0) is 16.2. The van der Waals surface area contributed by atoms with E-state index in [9.17, 15) is 13.6 Å². The van der Waals surface area contributed by atoms with Crippen LogP contribution in [0.1, 0.15) is 20.3 Å².